The van der Waals surface area contributed by atoms with E-state index in [-0.39, 0.29) is 11.9 Å². The molecule has 0 radical (unpaired) electrons. The smallest absolute Gasteiger partial charge is 0.242 e. The van der Waals surface area contributed by atoms with Crippen molar-refractivity contribution in [3.05, 3.63) is 96.1 Å². The Kier molecular flexibility index (Phi) is 12.2. The summed E-state index contributed by atoms with van der Waals surface area (Å²) < 4.78 is 11.7. The van der Waals surface area contributed by atoms with E-state index in [4.69, 9.17) is 9.47 Å². The fourth-order valence-corrected chi connectivity index (χ4v) is 4.55. The van der Waals surface area contributed by atoms with Gasteiger partial charge < -0.3 is 25.4 Å². The molecule has 0 bridgehead atoms. The number of carbonyl (C=O) groups excluding carboxylic acids is 1. The molecule has 1 aliphatic rings. The summed E-state index contributed by atoms with van der Waals surface area (Å²) in [4.78, 5) is 17.3. The molecule has 0 aromatic heterocycles. The fraction of sp³-hybridized carbons (Fsp3) is 0.394. The molecular formula is C33H42N4O3. The topological polar surface area (TPSA) is 84.0 Å². The highest BCUT2D eigenvalue weighted by Crippen LogP contribution is 2.19. The molecule has 1 atom stereocenters. The number of aliphatic imine (C=N–C) groups is 1. The number of hydrogen-bond donors (Lipinski definition) is 3. The Morgan fingerprint density at radius 3 is 2.08 bits per heavy atom. The molecule has 3 aromatic rings. The van der Waals surface area contributed by atoms with E-state index in [1.165, 1.54) is 6.42 Å². The van der Waals surface area contributed by atoms with E-state index in [1.54, 1.807) is 0 Å². The molecule has 7 heteroatoms. The molecule has 1 heterocycles. The number of nitrogens with zero attached hydrogens (tertiary/aromatic N) is 1. The van der Waals surface area contributed by atoms with E-state index >= 15 is 0 Å². The molecule has 0 fully saturated rings. The molecule has 3 N–H and O–H groups in total. The summed E-state index contributed by atoms with van der Waals surface area (Å²) in [6, 6.07) is 27.8. The van der Waals surface area contributed by atoms with Gasteiger partial charge in [-0.25, -0.2) is 0 Å². The van der Waals surface area contributed by atoms with Crippen LogP contribution in [-0.2, 0) is 17.8 Å². The van der Waals surface area contributed by atoms with Crippen LogP contribution in [-0.4, -0.2) is 44.1 Å². The summed E-state index contributed by atoms with van der Waals surface area (Å²) in [6.07, 6.45) is 7.23. The summed E-state index contributed by atoms with van der Waals surface area (Å²) in [5.74, 6) is 2.45. The van der Waals surface area contributed by atoms with Gasteiger partial charge in [0.1, 0.15) is 24.1 Å². The predicted octanol–water partition coefficient (Wildman–Crippen LogP) is 5.26. The van der Waals surface area contributed by atoms with Crippen molar-refractivity contribution in [2.45, 2.75) is 57.6 Å². The Balaban J connectivity index is 1.02. The van der Waals surface area contributed by atoms with Crippen molar-refractivity contribution in [3.8, 4) is 11.5 Å². The van der Waals surface area contributed by atoms with Crippen LogP contribution in [0.4, 0.5) is 0 Å². The predicted molar refractivity (Wildman–Crippen MR) is 161 cm³/mol. The molecule has 1 unspecified atom stereocenters. The lowest BCUT2D eigenvalue weighted by Crippen LogP contribution is -2.50. The van der Waals surface area contributed by atoms with Gasteiger partial charge in [0.05, 0.1) is 13.2 Å². The number of rotatable bonds is 17. The van der Waals surface area contributed by atoms with Crippen molar-refractivity contribution in [2.75, 3.05) is 26.2 Å². The zero-order valence-electron chi connectivity index (χ0n) is 23.3. The Labute approximate surface area is 238 Å². The lowest BCUT2D eigenvalue weighted by molar-refractivity contribution is -0.122. The van der Waals surface area contributed by atoms with Gasteiger partial charge in [0.25, 0.3) is 0 Å². The van der Waals surface area contributed by atoms with Crippen molar-refractivity contribution in [1.29, 1.82) is 0 Å². The standard InChI is InChI=1S/C33H42N4O3/c38-32(31(37-33-35-22-23-36-33)25-27-13-7-5-8-14-27)34-21-11-3-1-2-4-12-24-39-29-17-19-30(20-18-29)40-26-28-15-9-6-10-16-28/h5-10,13-20,31H,1-4,11-12,21-26H2,(H,34,38)(H2,35,36,37). The van der Waals surface area contributed by atoms with Crippen LogP contribution in [0.2, 0.25) is 0 Å². The van der Waals surface area contributed by atoms with Crippen molar-refractivity contribution in [1.82, 2.24) is 16.0 Å². The summed E-state index contributed by atoms with van der Waals surface area (Å²) in [7, 11) is 0. The molecule has 40 heavy (non-hydrogen) atoms. The lowest BCUT2D eigenvalue weighted by atomic mass is 10.1. The molecule has 212 valence electrons. The monoisotopic (exact) mass is 542 g/mol. The molecule has 0 saturated carbocycles. The van der Waals surface area contributed by atoms with Gasteiger partial charge in [-0.2, -0.15) is 0 Å². The highest BCUT2D eigenvalue weighted by atomic mass is 16.5. The first-order valence-electron chi connectivity index (χ1n) is 14.5. The Morgan fingerprint density at radius 2 is 1.40 bits per heavy atom. The lowest BCUT2D eigenvalue weighted by Gasteiger charge is -2.19. The first kappa shape index (κ1) is 29.0. The van der Waals surface area contributed by atoms with Crippen LogP contribution in [0.15, 0.2) is 89.9 Å². The van der Waals surface area contributed by atoms with Crippen molar-refractivity contribution >= 4 is 11.9 Å². The summed E-state index contributed by atoms with van der Waals surface area (Å²) in [5, 5.41) is 9.59. The van der Waals surface area contributed by atoms with Gasteiger partial charge >= 0.3 is 0 Å². The summed E-state index contributed by atoms with van der Waals surface area (Å²) in [6.45, 7) is 3.53. The highest BCUT2D eigenvalue weighted by molar-refractivity contribution is 5.89. The minimum absolute atomic E-state index is 0.0215. The molecule has 7 nitrogen and oxygen atoms in total. The number of carbonyl (C=O) groups is 1. The van der Waals surface area contributed by atoms with Crippen LogP contribution < -0.4 is 25.4 Å². The number of guanidine groups is 1. The molecule has 1 aliphatic heterocycles. The van der Waals surface area contributed by atoms with Gasteiger partial charge in [-0.1, -0.05) is 86.3 Å². The average molecular weight is 543 g/mol. The van der Waals surface area contributed by atoms with Gasteiger partial charge in [0.2, 0.25) is 5.91 Å². The Hall–Kier alpha value is -4.00. The van der Waals surface area contributed by atoms with E-state index in [0.717, 1.165) is 74.4 Å². The molecule has 0 saturated heterocycles. The van der Waals surface area contributed by atoms with Gasteiger partial charge in [0.15, 0.2) is 5.96 Å². The number of nitrogens with one attached hydrogen (secondary N) is 3. The fourth-order valence-electron chi connectivity index (χ4n) is 4.55. The van der Waals surface area contributed by atoms with Gasteiger partial charge in [-0.15, -0.1) is 0 Å². The van der Waals surface area contributed by atoms with Gasteiger partial charge in [-0.3, -0.25) is 9.79 Å². The second-order valence-electron chi connectivity index (χ2n) is 10.1. The van der Waals surface area contributed by atoms with Crippen molar-refractivity contribution < 1.29 is 14.3 Å². The second-order valence-corrected chi connectivity index (χ2v) is 10.1. The van der Waals surface area contributed by atoms with E-state index in [0.29, 0.717) is 25.5 Å². The van der Waals surface area contributed by atoms with E-state index in [1.807, 2.05) is 60.7 Å². The SMILES string of the molecule is O=C(NCCCCCCCCOc1ccc(OCc2ccccc2)cc1)C(Cc1ccccc1)NC1=NCCN1. The third-order valence-electron chi connectivity index (χ3n) is 6.80. The largest absolute Gasteiger partial charge is 0.494 e. The number of unbranched alkanes of at least 4 members (excludes halogenated alkanes) is 5. The number of ether oxygens (including phenoxy) is 2. The average Bonchev–Trinajstić information content (AvgIpc) is 3.51. The molecule has 4 rings (SSSR count). The zero-order chi connectivity index (χ0) is 27.7. The molecule has 0 aliphatic carbocycles. The number of benzene rings is 3. The third kappa shape index (κ3) is 10.6. The van der Waals surface area contributed by atoms with E-state index in [9.17, 15) is 4.79 Å². The van der Waals surface area contributed by atoms with Gasteiger partial charge in [0, 0.05) is 19.5 Å². The first-order valence-corrected chi connectivity index (χ1v) is 14.5. The van der Waals surface area contributed by atoms with Crippen LogP contribution in [0.3, 0.4) is 0 Å². The van der Waals surface area contributed by atoms with Crippen LogP contribution in [0.25, 0.3) is 0 Å². The molecule has 1 amide bonds. The molecule has 3 aromatic carbocycles. The minimum Gasteiger partial charge on any atom is -0.494 e. The summed E-state index contributed by atoms with van der Waals surface area (Å²) in [5.41, 5.74) is 2.28. The highest BCUT2D eigenvalue weighted by Gasteiger charge is 2.21. The summed E-state index contributed by atoms with van der Waals surface area (Å²) >= 11 is 0. The van der Waals surface area contributed by atoms with Crippen LogP contribution in [0, 0.1) is 0 Å². The number of amides is 1. The van der Waals surface area contributed by atoms with Crippen LogP contribution >= 0.6 is 0 Å². The van der Waals surface area contributed by atoms with Crippen LogP contribution in [0.1, 0.15) is 49.7 Å². The Bertz CT molecular complexity index is 1150. The van der Waals surface area contributed by atoms with Crippen molar-refractivity contribution in [3.63, 3.8) is 0 Å². The third-order valence-corrected chi connectivity index (χ3v) is 6.80. The second kappa shape index (κ2) is 16.9. The number of hydrogen-bond acceptors (Lipinski definition) is 6. The quantitative estimate of drug-likeness (QED) is 0.203. The molecular weight excluding hydrogens is 500 g/mol. The van der Waals surface area contributed by atoms with Crippen LogP contribution in [0.5, 0.6) is 11.5 Å². The van der Waals surface area contributed by atoms with E-state index in [2.05, 4.69) is 45.2 Å². The maximum atomic E-state index is 12.9. The Morgan fingerprint density at radius 1 is 0.775 bits per heavy atom. The van der Waals surface area contributed by atoms with Gasteiger partial charge in [-0.05, 0) is 48.2 Å². The first-order chi connectivity index (χ1) is 19.8. The van der Waals surface area contributed by atoms with Crippen molar-refractivity contribution in [2.24, 2.45) is 4.99 Å². The minimum atomic E-state index is -0.343. The zero-order valence-corrected chi connectivity index (χ0v) is 23.3. The maximum absolute atomic E-state index is 12.9. The normalized spacial score (nSPS) is 13.2. The maximum Gasteiger partial charge on any atom is 0.242 e. The molecule has 0 spiro atoms. The van der Waals surface area contributed by atoms with E-state index < -0.39 is 0 Å².